The smallest absolute Gasteiger partial charge is 0.244 e. The van der Waals surface area contributed by atoms with Crippen molar-refractivity contribution in [1.29, 1.82) is 0 Å². The van der Waals surface area contributed by atoms with Crippen molar-refractivity contribution in [3.05, 3.63) is 99.0 Å². The number of unbranched alkanes of at least 4 members (excludes halogenated alkanes) is 1. The average Bonchev–Trinajstić information content (AvgIpc) is 2.92. The number of carbonyl (C=O) groups excluding carboxylic acids is 2. The van der Waals surface area contributed by atoms with Crippen LogP contribution in [-0.4, -0.2) is 50.5 Å². The number of hydrogen-bond acceptors (Lipinski definition) is 4. The van der Waals surface area contributed by atoms with E-state index in [4.69, 9.17) is 11.6 Å². The second-order valence-electron chi connectivity index (χ2n) is 9.70. The van der Waals surface area contributed by atoms with Crippen LogP contribution in [0.25, 0.3) is 0 Å². The summed E-state index contributed by atoms with van der Waals surface area (Å²) in [6.45, 7) is 4.01. The van der Waals surface area contributed by atoms with Crippen LogP contribution >= 0.6 is 27.5 Å². The number of nitrogens with zero attached hydrogens (tertiary/aromatic N) is 2. The topological polar surface area (TPSA) is 86.8 Å². The van der Waals surface area contributed by atoms with E-state index in [1.54, 1.807) is 42.5 Å². The molecule has 3 aromatic rings. The largest absolute Gasteiger partial charge is 0.354 e. The molecule has 214 valence electrons. The van der Waals surface area contributed by atoms with Crippen LogP contribution in [0.1, 0.15) is 36.5 Å². The third kappa shape index (κ3) is 9.08. The van der Waals surface area contributed by atoms with Gasteiger partial charge in [-0.25, -0.2) is 8.42 Å². The molecule has 0 aliphatic rings. The predicted octanol–water partition coefficient (Wildman–Crippen LogP) is 5.73. The van der Waals surface area contributed by atoms with Crippen molar-refractivity contribution < 1.29 is 18.0 Å². The Kier molecular flexibility index (Phi) is 11.6. The lowest BCUT2D eigenvalue weighted by Crippen LogP contribution is -2.53. The van der Waals surface area contributed by atoms with Crippen molar-refractivity contribution in [2.75, 3.05) is 23.7 Å². The number of aryl methyl sites for hydroxylation is 1. The number of rotatable bonds is 13. The van der Waals surface area contributed by atoms with E-state index in [0.29, 0.717) is 17.3 Å². The van der Waals surface area contributed by atoms with Gasteiger partial charge in [0.2, 0.25) is 21.8 Å². The van der Waals surface area contributed by atoms with Crippen molar-refractivity contribution in [3.8, 4) is 0 Å². The zero-order valence-electron chi connectivity index (χ0n) is 22.9. The minimum absolute atomic E-state index is 0.103. The first-order valence-electron chi connectivity index (χ1n) is 13.1. The van der Waals surface area contributed by atoms with Crippen LogP contribution in [0.3, 0.4) is 0 Å². The number of hydrogen-bond donors (Lipinski definition) is 1. The molecule has 0 unspecified atom stereocenters. The normalized spacial score (nSPS) is 12.0. The maximum absolute atomic E-state index is 14.1. The van der Waals surface area contributed by atoms with Crippen molar-refractivity contribution in [1.82, 2.24) is 10.2 Å². The summed E-state index contributed by atoms with van der Waals surface area (Å²) < 4.78 is 27.7. The fourth-order valence-electron chi connectivity index (χ4n) is 4.24. The van der Waals surface area contributed by atoms with Gasteiger partial charge in [-0.3, -0.25) is 13.9 Å². The number of anilines is 1. The molecule has 0 heterocycles. The third-order valence-corrected chi connectivity index (χ3v) is 8.76. The maximum atomic E-state index is 14.1. The van der Waals surface area contributed by atoms with Crippen molar-refractivity contribution in [2.45, 2.75) is 45.7 Å². The Morgan fingerprint density at radius 1 is 1.00 bits per heavy atom. The zero-order chi connectivity index (χ0) is 29.3. The van der Waals surface area contributed by atoms with E-state index in [1.165, 1.54) is 4.90 Å². The number of halogens is 2. The molecule has 1 atom stereocenters. The van der Waals surface area contributed by atoms with Crippen molar-refractivity contribution in [3.63, 3.8) is 0 Å². The van der Waals surface area contributed by atoms with Gasteiger partial charge in [0.15, 0.2) is 0 Å². The Balaban J connectivity index is 2.03. The molecule has 0 saturated carbocycles. The molecule has 0 radical (unpaired) electrons. The highest BCUT2D eigenvalue weighted by Gasteiger charge is 2.33. The molecule has 0 bridgehead atoms. The van der Waals surface area contributed by atoms with Gasteiger partial charge in [-0.2, -0.15) is 0 Å². The van der Waals surface area contributed by atoms with Crippen LogP contribution < -0.4 is 9.62 Å². The molecule has 7 nitrogen and oxygen atoms in total. The summed E-state index contributed by atoms with van der Waals surface area (Å²) >= 11 is 9.53. The van der Waals surface area contributed by atoms with E-state index in [0.717, 1.165) is 44.6 Å². The van der Waals surface area contributed by atoms with Gasteiger partial charge in [0.25, 0.3) is 0 Å². The standard InChI is InChI=1S/C30H35BrClN3O4S/c1-4-5-17-33-30(37)28(19-23-9-7-6-8-10-23)34(20-24-11-13-25(32)14-12-24)29(36)21-35(40(3,38)39)26-15-16-27(31)22(2)18-26/h6-16,18,28H,4-5,17,19-21H2,1-3H3,(H,33,37)/t28-/m0/s1. The number of benzene rings is 3. The maximum Gasteiger partial charge on any atom is 0.244 e. The summed E-state index contributed by atoms with van der Waals surface area (Å²) in [5.74, 6) is -0.780. The van der Waals surface area contributed by atoms with Gasteiger partial charge in [0, 0.05) is 29.0 Å². The van der Waals surface area contributed by atoms with E-state index in [9.17, 15) is 18.0 Å². The summed E-state index contributed by atoms with van der Waals surface area (Å²) in [6, 6.07) is 20.7. The van der Waals surface area contributed by atoms with E-state index < -0.39 is 28.5 Å². The number of nitrogens with one attached hydrogen (secondary N) is 1. The molecule has 1 N–H and O–H groups in total. The van der Waals surface area contributed by atoms with Gasteiger partial charge in [0.1, 0.15) is 12.6 Å². The molecule has 0 spiro atoms. The quantitative estimate of drug-likeness (QED) is 0.240. The van der Waals surface area contributed by atoms with Gasteiger partial charge in [-0.1, -0.05) is 83.3 Å². The summed E-state index contributed by atoms with van der Waals surface area (Å²) in [5, 5.41) is 3.52. The molecule has 10 heteroatoms. The summed E-state index contributed by atoms with van der Waals surface area (Å²) in [4.78, 5) is 29.1. The molecule has 0 saturated heterocycles. The molecule has 0 fully saturated rings. The first-order valence-corrected chi connectivity index (χ1v) is 16.1. The first kappa shape index (κ1) is 31.6. The van der Waals surface area contributed by atoms with E-state index in [2.05, 4.69) is 21.2 Å². The second-order valence-corrected chi connectivity index (χ2v) is 12.9. The Bertz CT molecular complexity index is 1400. The van der Waals surface area contributed by atoms with Crippen LogP contribution in [0.2, 0.25) is 5.02 Å². The molecule has 40 heavy (non-hydrogen) atoms. The van der Waals surface area contributed by atoms with E-state index in [-0.39, 0.29) is 18.9 Å². The minimum atomic E-state index is -3.82. The number of sulfonamides is 1. The Labute approximate surface area is 250 Å². The number of carbonyl (C=O) groups is 2. The SMILES string of the molecule is CCCCNC(=O)[C@H](Cc1ccccc1)N(Cc1ccc(Cl)cc1)C(=O)CN(c1ccc(Br)c(C)c1)S(C)(=O)=O. The van der Waals surface area contributed by atoms with Crippen molar-refractivity contribution >= 4 is 55.1 Å². The zero-order valence-corrected chi connectivity index (χ0v) is 26.1. The molecule has 2 amide bonds. The van der Waals surface area contributed by atoms with Crippen LogP contribution in [0.4, 0.5) is 5.69 Å². The Hall–Kier alpha value is -2.88. The van der Waals surface area contributed by atoms with Crippen LogP contribution in [0.15, 0.2) is 77.3 Å². The third-order valence-electron chi connectivity index (χ3n) is 6.48. The van der Waals surface area contributed by atoms with Crippen LogP contribution in [0, 0.1) is 6.92 Å². The van der Waals surface area contributed by atoms with Gasteiger partial charge < -0.3 is 10.2 Å². The average molecular weight is 649 g/mol. The molecule has 3 aromatic carbocycles. The summed E-state index contributed by atoms with van der Waals surface area (Å²) in [5.41, 5.74) is 2.85. The van der Waals surface area contributed by atoms with E-state index >= 15 is 0 Å². The molecule has 0 aliphatic carbocycles. The monoisotopic (exact) mass is 647 g/mol. The molecule has 3 rings (SSSR count). The van der Waals surface area contributed by atoms with E-state index in [1.807, 2.05) is 44.2 Å². The highest BCUT2D eigenvalue weighted by Crippen LogP contribution is 2.25. The highest BCUT2D eigenvalue weighted by molar-refractivity contribution is 9.10. The molecular weight excluding hydrogens is 614 g/mol. The van der Waals surface area contributed by atoms with Crippen molar-refractivity contribution in [2.24, 2.45) is 0 Å². The molecular formula is C30H35BrClN3O4S. The van der Waals surface area contributed by atoms with Gasteiger partial charge >= 0.3 is 0 Å². The van der Waals surface area contributed by atoms with Crippen LogP contribution in [-0.2, 0) is 32.6 Å². The summed E-state index contributed by atoms with van der Waals surface area (Å²) in [6.07, 6.45) is 3.06. The Morgan fingerprint density at radius 3 is 2.27 bits per heavy atom. The minimum Gasteiger partial charge on any atom is -0.354 e. The van der Waals surface area contributed by atoms with Gasteiger partial charge in [-0.05, 0) is 60.4 Å². The number of amides is 2. The highest BCUT2D eigenvalue weighted by atomic mass is 79.9. The first-order chi connectivity index (χ1) is 19.0. The lowest BCUT2D eigenvalue weighted by Gasteiger charge is -2.33. The lowest BCUT2D eigenvalue weighted by molar-refractivity contribution is -0.140. The molecule has 0 aromatic heterocycles. The van der Waals surface area contributed by atoms with Gasteiger partial charge in [-0.15, -0.1) is 0 Å². The second kappa shape index (κ2) is 14.7. The van der Waals surface area contributed by atoms with Gasteiger partial charge in [0.05, 0.1) is 11.9 Å². The fraction of sp³-hybridized carbons (Fsp3) is 0.333. The fourth-order valence-corrected chi connectivity index (χ4v) is 5.46. The molecule has 0 aliphatic heterocycles. The Morgan fingerprint density at radius 2 is 1.68 bits per heavy atom. The lowest BCUT2D eigenvalue weighted by atomic mass is 10.0. The van der Waals surface area contributed by atoms with Crippen LogP contribution in [0.5, 0.6) is 0 Å². The predicted molar refractivity (Wildman–Crippen MR) is 165 cm³/mol. The summed E-state index contributed by atoms with van der Waals surface area (Å²) in [7, 11) is -3.82.